The van der Waals surface area contributed by atoms with Crippen LogP contribution in [0.4, 0.5) is 0 Å². The van der Waals surface area contributed by atoms with E-state index in [1.54, 1.807) is 0 Å². The molecule has 4 amide bonds. The molecule has 0 aliphatic rings. The number of benzene rings is 2. The van der Waals surface area contributed by atoms with E-state index in [1.807, 2.05) is 0 Å². The topological polar surface area (TPSA) is 126 Å². The molecule has 0 atom stereocenters. The Balaban J connectivity index is 2.33. The normalized spacial score (nSPS) is 10.7. The Hall–Kier alpha value is -3.33. The molecule has 8 nitrogen and oxygen atoms in total. The summed E-state index contributed by atoms with van der Waals surface area (Å²) < 4.78 is 25.5. The van der Waals surface area contributed by atoms with Gasteiger partial charge in [-0.2, -0.15) is 0 Å². The van der Waals surface area contributed by atoms with Crippen molar-refractivity contribution in [3.05, 3.63) is 59.7 Å². The van der Waals surface area contributed by atoms with Crippen molar-refractivity contribution in [2.45, 2.75) is 23.6 Å². The van der Waals surface area contributed by atoms with Crippen LogP contribution in [0.1, 0.15) is 34.6 Å². The standard InChI is InChI=1S/C18H16N2O6S/c1-11(21)19-17(23)13-6-8-15(9-7-13)27(25,26)16-5-3-4-14(10-16)18(24)20-12(2)22/h3-10H,1-2H3,(H,19,21,23)(H,20,22,24). The van der Waals surface area contributed by atoms with E-state index in [2.05, 4.69) is 10.6 Å². The smallest absolute Gasteiger partial charge is 0.257 e. The predicted octanol–water partition coefficient (Wildman–Crippen LogP) is 1.07. The summed E-state index contributed by atoms with van der Waals surface area (Å²) in [4.78, 5) is 45.3. The third kappa shape index (κ3) is 4.85. The molecule has 2 aromatic rings. The summed E-state index contributed by atoms with van der Waals surface area (Å²) >= 11 is 0. The summed E-state index contributed by atoms with van der Waals surface area (Å²) in [6, 6.07) is 10.2. The van der Waals surface area contributed by atoms with Gasteiger partial charge in [-0.3, -0.25) is 29.8 Å². The van der Waals surface area contributed by atoms with Crippen molar-refractivity contribution >= 4 is 33.5 Å². The van der Waals surface area contributed by atoms with Gasteiger partial charge in [-0.1, -0.05) is 6.07 Å². The van der Waals surface area contributed by atoms with Gasteiger partial charge < -0.3 is 0 Å². The van der Waals surface area contributed by atoms with Crippen LogP contribution in [-0.2, 0) is 19.4 Å². The maximum atomic E-state index is 12.7. The van der Waals surface area contributed by atoms with Crippen molar-refractivity contribution in [2.24, 2.45) is 0 Å². The first-order chi connectivity index (χ1) is 12.6. The lowest BCUT2D eigenvalue weighted by Crippen LogP contribution is -2.28. The number of hydrogen-bond acceptors (Lipinski definition) is 6. The molecule has 2 rings (SSSR count). The van der Waals surface area contributed by atoms with Crippen molar-refractivity contribution < 1.29 is 27.6 Å². The van der Waals surface area contributed by atoms with Crippen molar-refractivity contribution in [1.82, 2.24) is 10.6 Å². The number of hydrogen-bond donors (Lipinski definition) is 2. The first-order valence-electron chi connectivity index (χ1n) is 7.70. The molecular weight excluding hydrogens is 372 g/mol. The van der Waals surface area contributed by atoms with Gasteiger partial charge in [-0.05, 0) is 42.5 Å². The Kier molecular flexibility index (Phi) is 5.86. The second-order valence-corrected chi connectivity index (χ2v) is 7.53. The first kappa shape index (κ1) is 20.0. The Morgan fingerprint density at radius 2 is 1.22 bits per heavy atom. The first-order valence-corrected chi connectivity index (χ1v) is 9.18. The summed E-state index contributed by atoms with van der Waals surface area (Å²) in [5.74, 6) is -2.45. The lowest BCUT2D eigenvalue weighted by Gasteiger charge is -2.08. The highest BCUT2D eigenvalue weighted by Crippen LogP contribution is 2.22. The zero-order valence-corrected chi connectivity index (χ0v) is 15.3. The summed E-state index contributed by atoms with van der Waals surface area (Å²) in [5.41, 5.74) is 0.141. The van der Waals surface area contributed by atoms with E-state index in [9.17, 15) is 27.6 Å². The van der Waals surface area contributed by atoms with Crippen LogP contribution in [0.2, 0.25) is 0 Å². The molecule has 9 heteroatoms. The maximum absolute atomic E-state index is 12.7. The Bertz CT molecular complexity index is 1030. The van der Waals surface area contributed by atoms with Crippen molar-refractivity contribution in [2.75, 3.05) is 0 Å². The molecule has 0 unspecified atom stereocenters. The molecule has 0 bridgehead atoms. The van der Waals surface area contributed by atoms with Crippen LogP contribution in [0.15, 0.2) is 58.3 Å². The molecule has 2 aromatic carbocycles. The van der Waals surface area contributed by atoms with Crippen LogP contribution in [0.3, 0.4) is 0 Å². The highest BCUT2D eigenvalue weighted by Gasteiger charge is 2.20. The van der Waals surface area contributed by atoms with Gasteiger partial charge in [0.15, 0.2) is 0 Å². The molecule has 2 N–H and O–H groups in total. The molecule has 0 spiro atoms. The van der Waals surface area contributed by atoms with Gasteiger partial charge in [0.2, 0.25) is 21.7 Å². The number of carbonyl (C=O) groups excluding carboxylic acids is 4. The Morgan fingerprint density at radius 1 is 0.704 bits per heavy atom. The van der Waals surface area contributed by atoms with Gasteiger partial charge in [0.05, 0.1) is 9.79 Å². The largest absolute Gasteiger partial charge is 0.293 e. The zero-order chi connectivity index (χ0) is 20.2. The molecule has 0 saturated heterocycles. The zero-order valence-electron chi connectivity index (χ0n) is 14.5. The second-order valence-electron chi connectivity index (χ2n) is 5.58. The molecular formula is C18H16N2O6S. The molecule has 0 fully saturated rings. The summed E-state index contributed by atoms with van der Waals surface area (Å²) in [6.07, 6.45) is 0. The number of amides is 4. The summed E-state index contributed by atoms with van der Waals surface area (Å²) in [5, 5.41) is 4.15. The Morgan fingerprint density at radius 3 is 1.74 bits per heavy atom. The van der Waals surface area contributed by atoms with Crippen LogP contribution in [0.25, 0.3) is 0 Å². The number of sulfone groups is 1. The van der Waals surface area contributed by atoms with Gasteiger partial charge in [0.25, 0.3) is 11.8 Å². The van der Waals surface area contributed by atoms with Gasteiger partial charge in [-0.25, -0.2) is 8.42 Å². The van der Waals surface area contributed by atoms with Gasteiger partial charge >= 0.3 is 0 Å². The summed E-state index contributed by atoms with van der Waals surface area (Å²) in [7, 11) is -3.95. The molecule has 0 aliphatic heterocycles. The minimum atomic E-state index is -3.95. The number of imide groups is 2. The fourth-order valence-corrected chi connectivity index (χ4v) is 3.50. The minimum Gasteiger partial charge on any atom is -0.293 e. The average Bonchev–Trinajstić information content (AvgIpc) is 2.60. The number of carbonyl (C=O) groups is 4. The van der Waals surface area contributed by atoms with Crippen LogP contribution in [0.5, 0.6) is 0 Å². The highest BCUT2D eigenvalue weighted by atomic mass is 32.2. The fourth-order valence-electron chi connectivity index (χ4n) is 2.19. The van der Waals surface area contributed by atoms with Crippen molar-refractivity contribution in [3.63, 3.8) is 0 Å². The molecule has 0 heterocycles. The number of nitrogens with one attached hydrogen (secondary N) is 2. The maximum Gasteiger partial charge on any atom is 0.257 e. The van der Waals surface area contributed by atoms with Gasteiger partial charge in [-0.15, -0.1) is 0 Å². The van der Waals surface area contributed by atoms with E-state index in [1.165, 1.54) is 56.3 Å². The fraction of sp³-hybridized carbons (Fsp3) is 0.111. The van der Waals surface area contributed by atoms with Gasteiger partial charge in [0, 0.05) is 25.0 Å². The number of rotatable bonds is 4. The highest BCUT2D eigenvalue weighted by molar-refractivity contribution is 7.91. The predicted molar refractivity (Wildman–Crippen MR) is 94.6 cm³/mol. The van der Waals surface area contributed by atoms with Crippen LogP contribution in [0, 0.1) is 0 Å². The molecule has 0 saturated carbocycles. The van der Waals surface area contributed by atoms with Crippen molar-refractivity contribution in [1.29, 1.82) is 0 Å². The van der Waals surface area contributed by atoms with E-state index in [-0.39, 0.29) is 20.9 Å². The van der Waals surface area contributed by atoms with E-state index in [0.29, 0.717) is 0 Å². The quantitative estimate of drug-likeness (QED) is 0.807. The second kappa shape index (κ2) is 7.92. The van der Waals surface area contributed by atoms with E-state index < -0.39 is 33.5 Å². The average molecular weight is 388 g/mol. The third-order valence-corrected chi connectivity index (χ3v) is 5.18. The minimum absolute atomic E-state index is 0.0173. The van der Waals surface area contributed by atoms with Crippen LogP contribution in [-0.4, -0.2) is 32.0 Å². The van der Waals surface area contributed by atoms with Gasteiger partial charge in [0.1, 0.15) is 0 Å². The molecule has 27 heavy (non-hydrogen) atoms. The molecule has 140 valence electrons. The van der Waals surface area contributed by atoms with E-state index in [4.69, 9.17) is 0 Å². The monoisotopic (exact) mass is 388 g/mol. The SMILES string of the molecule is CC(=O)NC(=O)c1ccc(S(=O)(=O)c2cccc(C(=O)NC(C)=O)c2)cc1. The van der Waals surface area contributed by atoms with E-state index in [0.717, 1.165) is 6.07 Å². The molecule has 0 aliphatic carbocycles. The lowest BCUT2D eigenvalue weighted by molar-refractivity contribution is -0.119. The molecule has 0 aromatic heterocycles. The molecule has 0 radical (unpaired) electrons. The third-order valence-electron chi connectivity index (χ3n) is 3.41. The van der Waals surface area contributed by atoms with Crippen molar-refractivity contribution in [3.8, 4) is 0 Å². The lowest BCUT2D eigenvalue weighted by atomic mass is 10.2. The summed E-state index contributed by atoms with van der Waals surface area (Å²) in [6.45, 7) is 2.36. The Labute approximate surface area is 155 Å². The van der Waals surface area contributed by atoms with Crippen LogP contribution >= 0.6 is 0 Å². The van der Waals surface area contributed by atoms with E-state index >= 15 is 0 Å². The van der Waals surface area contributed by atoms with Crippen LogP contribution < -0.4 is 10.6 Å².